The molecule has 0 aliphatic carbocycles. The number of hydrogen-bond donors (Lipinski definition) is 0. The number of benzene rings is 4. The quantitative estimate of drug-likeness (QED) is 0.114. The molecule has 0 radical (unpaired) electrons. The van der Waals surface area contributed by atoms with Crippen LogP contribution in [0.2, 0.25) is 0 Å². The fraction of sp³-hybridized carbons (Fsp3) is 0.194. The molecule has 47 heavy (non-hydrogen) atoms. The topological polar surface area (TPSA) is 88.4 Å². The highest BCUT2D eigenvalue weighted by Crippen LogP contribution is 2.35. The van der Waals surface area contributed by atoms with Gasteiger partial charge >= 0.3 is 5.97 Å². The summed E-state index contributed by atoms with van der Waals surface area (Å²) in [6, 6.07) is 23.1. The molecule has 240 valence electrons. The third-order valence-corrected chi connectivity index (χ3v) is 10.0. The molecule has 5 aromatic rings. The minimum atomic E-state index is -0.783. The van der Waals surface area contributed by atoms with Crippen LogP contribution in [-0.2, 0) is 16.1 Å². The standard InChI is InChI=1S/C36H30I2N2O6S/c1-4-44-29-14-13-22(16-30(29)45-5-2)32-27(35(42)43-3)19-39-36-40(32)34(41)31(47-36)17-24-15-25(37)18-28(38)33(24)46-20-23-11-8-10-21-9-6-7-12-26(21)23/h6-19,32H,4-5,20H2,1-3H3/b31-17+/t32-/m0/s1. The van der Waals surface area contributed by atoms with Crippen molar-refractivity contribution >= 4 is 79.3 Å². The highest BCUT2D eigenvalue weighted by atomic mass is 127. The summed E-state index contributed by atoms with van der Waals surface area (Å²) < 4.78 is 27.2. The van der Waals surface area contributed by atoms with Gasteiger partial charge in [0.1, 0.15) is 12.4 Å². The number of methoxy groups -OCH3 is 1. The summed E-state index contributed by atoms with van der Waals surface area (Å²) in [7, 11) is 1.31. The molecule has 0 spiro atoms. The molecule has 1 atom stereocenters. The number of carbonyl (C=O) groups is 1. The number of thiazole rings is 1. The van der Waals surface area contributed by atoms with Crippen LogP contribution in [0.15, 0.2) is 94.4 Å². The molecule has 0 saturated heterocycles. The second kappa shape index (κ2) is 14.6. The Hall–Kier alpha value is -3.69. The van der Waals surface area contributed by atoms with E-state index in [0.29, 0.717) is 52.0 Å². The summed E-state index contributed by atoms with van der Waals surface area (Å²) in [5, 5.41) is 2.28. The van der Waals surface area contributed by atoms with E-state index in [1.54, 1.807) is 16.7 Å². The van der Waals surface area contributed by atoms with Gasteiger partial charge < -0.3 is 18.9 Å². The molecular formula is C36H30I2N2O6S. The van der Waals surface area contributed by atoms with Crippen molar-refractivity contribution in [1.29, 1.82) is 0 Å². The SMILES string of the molecule is CCOc1ccc([C@H]2C(C(=O)OC)=CN=c3s/c(=C/c4cc(I)cc(I)c4OCc4cccc5ccccc45)c(=O)n32)cc1OCC. The van der Waals surface area contributed by atoms with Crippen molar-refractivity contribution in [3.63, 3.8) is 0 Å². The molecule has 11 heteroatoms. The molecule has 1 aromatic heterocycles. The lowest BCUT2D eigenvalue weighted by molar-refractivity contribution is -0.136. The Morgan fingerprint density at radius 2 is 1.72 bits per heavy atom. The molecule has 0 saturated carbocycles. The predicted octanol–water partition coefficient (Wildman–Crippen LogP) is 6.76. The lowest BCUT2D eigenvalue weighted by Crippen LogP contribution is -2.39. The molecule has 4 aromatic carbocycles. The second-order valence-corrected chi connectivity index (χ2v) is 13.9. The fourth-order valence-electron chi connectivity index (χ4n) is 5.54. The molecule has 6 rings (SSSR count). The maximum atomic E-state index is 14.2. The molecule has 0 unspecified atom stereocenters. The summed E-state index contributed by atoms with van der Waals surface area (Å²) in [4.78, 5) is 32.2. The maximum Gasteiger partial charge on any atom is 0.337 e. The molecular weight excluding hydrogens is 842 g/mol. The highest BCUT2D eigenvalue weighted by molar-refractivity contribution is 14.1. The summed E-state index contributed by atoms with van der Waals surface area (Å²) in [5.41, 5.74) is 2.46. The third-order valence-electron chi connectivity index (χ3n) is 7.58. The van der Waals surface area contributed by atoms with E-state index in [4.69, 9.17) is 18.9 Å². The van der Waals surface area contributed by atoms with Crippen LogP contribution in [-0.4, -0.2) is 30.9 Å². The van der Waals surface area contributed by atoms with Gasteiger partial charge in [-0.1, -0.05) is 59.9 Å². The Morgan fingerprint density at radius 1 is 0.957 bits per heavy atom. The van der Waals surface area contributed by atoms with Gasteiger partial charge in [0.2, 0.25) is 0 Å². The van der Waals surface area contributed by atoms with Gasteiger partial charge in [0.15, 0.2) is 16.3 Å². The van der Waals surface area contributed by atoms with Crippen molar-refractivity contribution in [2.45, 2.75) is 26.5 Å². The lowest BCUT2D eigenvalue weighted by atomic mass is 9.97. The van der Waals surface area contributed by atoms with Crippen LogP contribution in [0.4, 0.5) is 0 Å². The van der Waals surface area contributed by atoms with Gasteiger partial charge in [-0.2, -0.15) is 0 Å². The molecule has 0 fully saturated rings. The van der Waals surface area contributed by atoms with E-state index in [2.05, 4.69) is 74.4 Å². The van der Waals surface area contributed by atoms with Gasteiger partial charge in [-0.15, -0.1) is 0 Å². The van der Waals surface area contributed by atoms with Gasteiger partial charge in [0.25, 0.3) is 5.56 Å². The smallest absolute Gasteiger partial charge is 0.337 e. The highest BCUT2D eigenvalue weighted by Gasteiger charge is 2.31. The summed E-state index contributed by atoms with van der Waals surface area (Å²) in [6.45, 7) is 5.03. The average Bonchev–Trinajstić information content (AvgIpc) is 3.39. The molecule has 0 bridgehead atoms. The minimum absolute atomic E-state index is 0.237. The Kier molecular flexibility index (Phi) is 10.3. The van der Waals surface area contributed by atoms with Crippen LogP contribution < -0.4 is 29.1 Å². The van der Waals surface area contributed by atoms with E-state index in [-0.39, 0.29) is 11.1 Å². The van der Waals surface area contributed by atoms with E-state index in [9.17, 15) is 9.59 Å². The first kappa shape index (κ1) is 33.2. The van der Waals surface area contributed by atoms with Crippen LogP contribution in [0.3, 0.4) is 0 Å². The van der Waals surface area contributed by atoms with E-state index in [1.807, 2.05) is 56.3 Å². The number of carbonyl (C=O) groups excluding carboxylic acids is 1. The number of hydrogen-bond acceptors (Lipinski definition) is 8. The van der Waals surface area contributed by atoms with Crippen molar-refractivity contribution in [2.24, 2.45) is 4.99 Å². The molecule has 0 amide bonds. The van der Waals surface area contributed by atoms with E-state index < -0.39 is 12.0 Å². The van der Waals surface area contributed by atoms with E-state index >= 15 is 0 Å². The van der Waals surface area contributed by atoms with Crippen LogP contribution in [0.25, 0.3) is 16.8 Å². The van der Waals surface area contributed by atoms with Crippen molar-refractivity contribution in [1.82, 2.24) is 4.57 Å². The molecule has 2 heterocycles. The fourth-order valence-corrected chi connectivity index (χ4v) is 8.54. The van der Waals surface area contributed by atoms with Gasteiger partial charge in [0, 0.05) is 15.3 Å². The largest absolute Gasteiger partial charge is 0.490 e. The third kappa shape index (κ3) is 6.83. The van der Waals surface area contributed by atoms with Crippen molar-refractivity contribution < 1.29 is 23.7 Å². The molecule has 0 N–H and O–H groups in total. The number of aromatic nitrogens is 1. The number of esters is 1. The van der Waals surface area contributed by atoms with Gasteiger partial charge in [-0.25, -0.2) is 9.79 Å². The predicted molar refractivity (Wildman–Crippen MR) is 200 cm³/mol. The number of halogens is 2. The Bertz CT molecular complexity index is 2200. The average molecular weight is 873 g/mol. The molecule has 1 aliphatic heterocycles. The number of fused-ring (bicyclic) bond motifs is 2. The van der Waals surface area contributed by atoms with Gasteiger partial charge in [-0.05, 0) is 111 Å². The zero-order valence-electron chi connectivity index (χ0n) is 25.8. The van der Waals surface area contributed by atoms with Crippen molar-refractivity contribution in [2.75, 3.05) is 20.3 Å². The Morgan fingerprint density at radius 3 is 2.51 bits per heavy atom. The van der Waals surface area contributed by atoms with Gasteiger partial charge in [0.05, 0.1) is 40.0 Å². The van der Waals surface area contributed by atoms with Gasteiger partial charge in [-0.3, -0.25) is 9.36 Å². The zero-order chi connectivity index (χ0) is 33.1. The summed E-state index contributed by atoms with van der Waals surface area (Å²) >= 11 is 5.80. The first-order chi connectivity index (χ1) is 22.8. The zero-order valence-corrected chi connectivity index (χ0v) is 30.9. The second-order valence-electron chi connectivity index (χ2n) is 10.5. The molecule has 8 nitrogen and oxygen atoms in total. The molecule has 1 aliphatic rings. The normalized spacial score (nSPS) is 14.3. The minimum Gasteiger partial charge on any atom is -0.490 e. The van der Waals surface area contributed by atoms with Crippen LogP contribution in [0, 0.1) is 7.14 Å². The Balaban J connectivity index is 1.45. The first-order valence-corrected chi connectivity index (χ1v) is 17.9. The maximum absolute atomic E-state index is 14.2. The van der Waals surface area contributed by atoms with E-state index in [0.717, 1.165) is 29.0 Å². The van der Waals surface area contributed by atoms with Crippen molar-refractivity contribution in [3.05, 3.63) is 128 Å². The monoisotopic (exact) mass is 872 g/mol. The van der Waals surface area contributed by atoms with Crippen LogP contribution in [0.5, 0.6) is 17.2 Å². The van der Waals surface area contributed by atoms with Crippen LogP contribution in [0.1, 0.15) is 36.6 Å². The number of nitrogens with zero attached hydrogens (tertiary/aromatic N) is 2. The van der Waals surface area contributed by atoms with Crippen molar-refractivity contribution in [3.8, 4) is 17.2 Å². The number of rotatable bonds is 10. The number of ether oxygens (including phenoxy) is 4. The Labute approximate surface area is 302 Å². The first-order valence-electron chi connectivity index (χ1n) is 14.9. The van der Waals surface area contributed by atoms with Crippen LogP contribution >= 0.6 is 56.5 Å². The summed E-state index contributed by atoms with van der Waals surface area (Å²) in [5.74, 6) is 1.22. The lowest BCUT2D eigenvalue weighted by Gasteiger charge is -2.23. The van der Waals surface area contributed by atoms with E-state index in [1.165, 1.54) is 24.6 Å². The summed E-state index contributed by atoms with van der Waals surface area (Å²) in [6.07, 6.45) is 3.32.